The lowest BCUT2D eigenvalue weighted by Gasteiger charge is -2.65. The van der Waals surface area contributed by atoms with Gasteiger partial charge in [0, 0.05) is 80.3 Å². The number of aromatic nitrogens is 2. The molecule has 0 radical (unpaired) electrons. The van der Waals surface area contributed by atoms with Gasteiger partial charge in [0.2, 0.25) is 11.9 Å². The summed E-state index contributed by atoms with van der Waals surface area (Å²) in [5, 5.41) is 9.55. The Hall–Kier alpha value is -5.59. The third-order valence-electron chi connectivity index (χ3n) is 13.8. The van der Waals surface area contributed by atoms with Crippen LogP contribution in [-0.4, -0.2) is 110 Å². The van der Waals surface area contributed by atoms with Gasteiger partial charge in [-0.15, -0.1) is 0 Å². The summed E-state index contributed by atoms with van der Waals surface area (Å²) in [6, 6.07) is 10.7. The van der Waals surface area contributed by atoms with Crippen molar-refractivity contribution in [3.63, 3.8) is 0 Å². The zero-order chi connectivity index (χ0) is 44.4. The predicted molar refractivity (Wildman–Crippen MR) is 229 cm³/mol. The molecule has 3 aromatic rings. The molecule has 2 saturated carbocycles. The summed E-state index contributed by atoms with van der Waals surface area (Å²) in [4.78, 5) is 83.0. The number of fused-ring (bicyclic) bond motifs is 1. The lowest BCUT2D eigenvalue weighted by molar-refractivity contribution is -0.216. The van der Waals surface area contributed by atoms with E-state index in [9.17, 15) is 29.2 Å². The third kappa shape index (κ3) is 7.55. The molecule has 8 rings (SSSR count). The molecule has 2 N–H and O–H groups in total. The number of benzene rings is 2. The van der Waals surface area contributed by atoms with Crippen molar-refractivity contribution in [3.8, 4) is 17.6 Å². The standard InChI is InChI=1S/C46H53ClN8O7/c1-25(2)53(24-26-13-15-52(16-14-26)44-50-22-28(23-51-44)38(49)57)29-17-32(18-29)61-30-9-10-33-34(19-30)40(59)54(39(33)58)36-11-12-37(56)55(41(36)60)42-45(3,4)43(46(42,5)6)62-31-8-7-27(21-48)35(47)20-31/h7-10,19-20,22-23,25-26,29,32,36,42-43H,11-18,24H2,1-6H3,(H2,49,57). The number of hydrogen-bond donors (Lipinski definition) is 1. The Morgan fingerprint density at radius 2 is 1.55 bits per heavy atom. The van der Waals surface area contributed by atoms with Gasteiger partial charge in [-0.2, -0.15) is 5.26 Å². The highest BCUT2D eigenvalue weighted by atomic mass is 35.5. The molecule has 2 aliphatic carbocycles. The van der Waals surface area contributed by atoms with Crippen LogP contribution in [0, 0.1) is 28.1 Å². The summed E-state index contributed by atoms with van der Waals surface area (Å²) in [5.41, 5.74) is 4.91. The quantitative estimate of drug-likeness (QED) is 0.221. The van der Waals surface area contributed by atoms with Crippen LogP contribution in [0.25, 0.3) is 0 Å². The number of ether oxygens (including phenoxy) is 2. The maximum Gasteiger partial charge on any atom is 0.262 e. The molecule has 15 nitrogen and oxygen atoms in total. The number of rotatable bonds is 12. The summed E-state index contributed by atoms with van der Waals surface area (Å²) < 4.78 is 12.8. The van der Waals surface area contributed by atoms with Crippen LogP contribution in [0.15, 0.2) is 48.8 Å². The van der Waals surface area contributed by atoms with Crippen LogP contribution in [0.5, 0.6) is 11.5 Å². The predicted octanol–water partition coefficient (Wildman–Crippen LogP) is 5.63. The van der Waals surface area contributed by atoms with Crippen molar-refractivity contribution in [1.82, 2.24) is 24.7 Å². The van der Waals surface area contributed by atoms with Crippen LogP contribution in [-0.2, 0) is 9.59 Å². The van der Waals surface area contributed by atoms with Crippen molar-refractivity contribution in [3.05, 3.63) is 76.1 Å². The Morgan fingerprint density at radius 3 is 2.16 bits per heavy atom. The number of nitrogens with two attached hydrogens (primary N) is 1. The molecular weight excluding hydrogens is 812 g/mol. The maximum absolute atomic E-state index is 14.4. The molecule has 1 atom stereocenters. The summed E-state index contributed by atoms with van der Waals surface area (Å²) in [7, 11) is 0. The van der Waals surface area contributed by atoms with Crippen LogP contribution in [0.1, 0.15) is 117 Å². The van der Waals surface area contributed by atoms with Crippen molar-refractivity contribution in [1.29, 1.82) is 5.26 Å². The summed E-state index contributed by atoms with van der Waals surface area (Å²) in [5.74, 6) is -0.548. The van der Waals surface area contributed by atoms with E-state index in [1.54, 1.807) is 36.4 Å². The van der Waals surface area contributed by atoms with Crippen molar-refractivity contribution >= 4 is 47.1 Å². The van der Waals surface area contributed by atoms with Crippen molar-refractivity contribution < 1.29 is 33.4 Å². The fourth-order valence-corrected chi connectivity index (χ4v) is 11.1. The average molecular weight is 865 g/mol. The second-order valence-electron chi connectivity index (χ2n) is 18.9. The molecule has 0 bridgehead atoms. The molecule has 5 amide bonds. The van der Waals surface area contributed by atoms with E-state index in [0.29, 0.717) is 46.6 Å². The van der Waals surface area contributed by atoms with E-state index >= 15 is 0 Å². The van der Waals surface area contributed by atoms with Gasteiger partial charge >= 0.3 is 0 Å². The second-order valence-corrected chi connectivity index (χ2v) is 19.3. The van der Waals surface area contributed by atoms with Gasteiger partial charge in [-0.05, 0) is 69.4 Å². The normalized spacial score (nSPS) is 25.7. The van der Waals surface area contributed by atoms with Gasteiger partial charge in [-0.25, -0.2) is 9.97 Å². The lowest BCUT2D eigenvalue weighted by Crippen LogP contribution is -2.77. The fraction of sp³-hybridized carbons (Fsp3) is 0.522. The molecule has 2 saturated heterocycles. The van der Waals surface area contributed by atoms with Crippen molar-refractivity contribution in [2.75, 3.05) is 24.5 Å². The number of halogens is 1. The molecular formula is C46H53ClN8O7. The van der Waals surface area contributed by atoms with E-state index in [0.717, 1.165) is 50.2 Å². The first-order valence-corrected chi connectivity index (χ1v) is 21.8. The van der Waals surface area contributed by atoms with Gasteiger partial charge in [-0.1, -0.05) is 39.3 Å². The van der Waals surface area contributed by atoms with Gasteiger partial charge in [0.25, 0.3) is 23.6 Å². The highest BCUT2D eigenvalue weighted by Gasteiger charge is 2.68. The summed E-state index contributed by atoms with van der Waals surface area (Å²) in [6.07, 6.45) is 6.14. The Balaban J connectivity index is 0.877. The number of carbonyl (C=O) groups is 5. The van der Waals surface area contributed by atoms with Crippen LogP contribution < -0.4 is 20.1 Å². The summed E-state index contributed by atoms with van der Waals surface area (Å²) >= 11 is 6.28. The Labute approximate surface area is 366 Å². The first-order valence-electron chi connectivity index (χ1n) is 21.4. The van der Waals surface area contributed by atoms with Crippen LogP contribution in [0.4, 0.5) is 5.95 Å². The van der Waals surface area contributed by atoms with Crippen molar-refractivity contribution in [2.45, 2.75) is 116 Å². The number of carbonyl (C=O) groups excluding carboxylic acids is 5. The number of imide groups is 2. The number of piperidine rings is 2. The second kappa shape index (κ2) is 16.3. The number of primary amides is 1. The highest BCUT2D eigenvalue weighted by molar-refractivity contribution is 6.31. The molecule has 62 heavy (non-hydrogen) atoms. The first kappa shape index (κ1) is 43.1. The third-order valence-corrected chi connectivity index (χ3v) is 14.1. The number of hydrogen-bond acceptors (Lipinski definition) is 12. The molecule has 4 heterocycles. The molecule has 2 aromatic carbocycles. The van der Waals surface area contributed by atoms with Crippen LogP contribution in [0.2, 0.25) is 5.02 Å². The molecule has 5 aliphatic rings. The minimum absolute atomic E-state index is 0.00393. The molecule has 1 aromatic heterocycles. The van der Waals surface area contributed by atoms with E-state index in [1.165, 1.54) is 17.3 Å². The van der Waals surface area contributed by atoms with Crippen LogP contribution >= 0.6 is 11.6 Å². The maximum atomic E-state index is 14.4. The molecule has 1 unspecified atom stereocenters. The Morgan fingerprint density at radius 1 is 0.919 bits per heavy atom. The molecule has 4 fully saturated rings. The van der Waals surface area contributed by atoms with Gasteiger partial charge in [-0.3, -0.25) is 38.7 Å². The number of amides is 5. The molecule has 0 spiro atoms. The number of likely N-dealkylation sites (tertiary alicyclic amines) is 1. The zero-order valence-electron chi connectivity index (χ0n) is 36.0. The first-order chi connectivity index (χ1) is 29.4. The monoisotopic (exact) mass is 864 g/mol. The molecule has 3 aliphatic heterocycles. The fourth-order valence-electron chi connectivity index (χ4n) is 10.9. The number of nitriles is 1. The largest absolute Gasteiger partial charge is 0.490 e. The van der Waals surface area contributed by atoms with Gasteiger partial charge in [0.15, 0.2) is 0 Å². The van der Waals surface area contributed by atoms with Gasteiger partial charge in [0.05, 0.1) is 33.3 Å². The van der Waals surface area contributed by atoms with Gasteiger partial charge < -0.3 is 20.1 Å². The molecule has 326 valence electrons. The lowest BCUT2D eigenvalue weighted by atomic mass is 9.48. The Bertz CT molecular complexity index is 2330. The minimum atomic E-state index is -1.14. The van der Waals surface area contributed by atoms with E-state index in [4.69, 9.17) is 26.8 Å². The highest BCUT2D eigenvalue weighted by Crippen LogP contribution is 2.58. The van der Waals surface area contributed by atoms with Gasteiger partial charge in [0.1, 0.15) is 35.8 Å². The van der Waals surface area contributed by atoms with Crippen molar-refractivity contribution in [2.24, 2.45) is 22.5 Å². The van der Waals surface area contributed by atoms with E-state index in [1.807, 2.05) is 33.8 Å². The average Bonchev–Trinajstić information content (AvgIpc) is 3.46. The molecule has 16 heteroatoms. The summed E-state index contributed by atoms with van der Waals surface area (Å²) in [6.45, 7) is 14.8. The number of anilines is 1. The zero-order valence-corrected chi connectivity index (χ0v) is 36.7. The smallest absolute Gasteiger partial charge is 0.262 e. The van der Waals surface area contributed by atoms with E-state index in [-0.39, 0.29) is 41.0 Å². The SMILES string of the molecule is CC(C)N(CC1CCN(c2ncc(C(N)=O)cn2)CC1)C1CC(Oc2ccc3c(c2)C(=O)N(C2CCC(=O)N(C4C(C)(C)C(Oc5ccc(C#N)c(Cl)c5)C4(C)C)C2=O)C3=O)C1. The topological polar surface area (TPSA) is 192 Å². The van der Waals surface area contributed by atoms with E-state index in [2.05, 4.69) is 33.6 Å². The van der Waals surface area contributed by atoms with E-state index < -0.39 is 52.6 Å². The number of nitrogens with zero attached hydrogens (tertiary/aromatic N) is 7. The Kier molecular flexibility index (Phi) is 11.3. The van der Waals surface area contributed by atoms with Crippen LogP contribution in [0.3, 0.4) is 0 Å². The minimum Gasteiger partial charge on any atom is -0.490 e.